The quantitative estimate of drug-likeness (QED) is 0.558. The van der Waals surface area contributed by atoms with Crippen molar-refractivity contribution in [1.29, 1.82) is 0 Å². The molecule has 3 rings (SSSR count). The van der Waals surface area contributed by atoms with Gasteiger partial charge in [-0.3, -0.25) is 9.59 Å². The van der Waals surface area contributed by atoms with Crippen LogP contribution in [-0.2, 0) is 4.79 Å². The summed E-state index contributed by atoms with van der Waals surface area (Å²) in [5.74, 6) is -1.08. The molecule has 1 heterocycles. The highest BCUT2D eigenvalue weighted by Crippen LogP contribution is 2.40. The first-order chi connectivity index (χ1) is 12.0. The minimum atomic E-state index is -0.538. The van der Waals surface area contributed by atoms with Crippen molar-refractivity contribution in [3.8, 4) is 28.3 Å². The zero-order valence-corrected chi connectivity index (χ0v) is 13.8. The molecule has 0 saturated carbocycles. The molecule has 0 spiro atoms. The van der Waals surface area contributed by atoms with Gasteiger partial charge >= 0.3 is 5.97 Å². The van der Waals surface area contributed by atoms with Crippen LogP contribution in [0.2, 0.25) is 0 Å². The van der Waals surface area contributed by atoms with Gasteiger partial charge in [-0.2, -0.15) is 0 Å². The van der Waals surface area contributed by atoms with Crippen molar-refractivity contribution in [1.82, 2.24) is 4.98 Å². The summed E-state index contributed by atoms with van der Waals surface area (Å²) in [6.45, 7) is 2.65. The number of ketones is 1. The van der Waals surface area contributed by atoms with E-state index in [-0.39, 0.29) is 17.1 Å². The molecule has 1 aromatic heterocycles. The van der Waals surface area contributed by atoms with Crippen molar-refractivity contribution in [2.45, 2.75) is 13.8 Å². The van der Waals surface area contributed by atoms with Gasteiger partial charge in [0.2, 0.25) is 0 Å². The van der Waals surface area contributed by atoms with Crippen molar-refractivity contribution in [3.63, 3.8) is 0 Å². The number of hydrogen-bond acceptors (Lipinski definition) is 3. The third kappa shape index (κ3) is 3.35. The van der Waals surface area contributed by atoms with Gasteiger partial charge < -0.3 is 9.72 Å². The first-order valence-electron chi connectivity index (χ1n) is 7.74. The number of rotatable bonds is 4. The minimum Gasteiger partial charge on any atom is -0.424 e. The average Bonchev–Trinajstić information content (AvgIpc) is 2.94. The molecular weight excluding hydrogens is 321 g/mol. The fraction of sp³-hybridized carbons (Fsp3) is 0.100. The number of benzene rings is 2. The molecule has 126 valence electrons. The Morgan fingerprint density at radius 2 is 1.60 bits per heavy atom. The van der Waals surface area contributed by atoms with E-state index < -0.39 is 11.8 Å². The second kappa shape index (κ2) is 6.73. The van der Waals surface area contributed by atoms with Crippen LogP contribution in [0.1, 0.15) is 24.2 Å². The zero-order valence-electron chi connectivity index (χ0n) is 13.8. The smallest absolute Gasteiger partial charge is 0.308 e. The lowest BCUT2D eigenvalue weighted by molar-refractivity contribution is -0.131. The molecule has 0 aliphatic heterocycles. The summed E-state index contributed by atoms with van der Waals surface area (Å²) < 4.78 is 19.0. The first kappa shape index (κ1) is 16.6. The molecule has 5 heteroatoms. The Balaban J connectivity index is 2.30. The van der Waals surface area contributed by atoms with E-state index in [1.807, 2.05) is 30.3 Å². The van der Waals surface area contributed by atoms with Crippen LogP contribution in [-0.4, -0.2) is 16.7 Å². The normalized spacial score (nSPS) is 10.5. The Labute approximate surface area is 144 Å². The maximum Gasteiger partial charge on any atom is 0.308 e. The molecule has 0 saturated heterocycles. The van der Waals surface area contributed by atoms with E-state index in [4.69, 9.17) is 4.74 Å². The summed E-state index contributed by atoms with van der Waals surface area (Å²) in [7, 11) is 0. The molecule has 0 amide bonds. The monoisotopic (exact) mass is 337 g/mol. The molecule has 0 atom stereocenters. The number of aromatic nitrogens is 1. The second-order valence-corrected chi connectivity index (χ2v) is 5.61. The Bertz CT molecular complexity index is 945. The van der Waals surface area contributed by atoms with Gasteiger partial charge in [0.05, 0.1) is 17.0 Å². The fourth-order valence-electron chi connectivity index (χ4n) is 2.73. The summed E-state index contributed by atoms with van der Waals surface area (Å²) in [4.78, 5) is 27.0. The van der Waals surface area contributed by atoms with E-state index in [1.54, 1.807) is 12.1 Å². The van der Waals surface area contributed by atoms with E-state index in [1.165, 1.54) is 26.0 Å². The van der Waals surface area contributed by atoms with Gasteiger partial charge in [-0.25, -0.2) is 4.39 Å². The predicted octanol–water partition coefficient (Wildman–Crippen LogP) is 4.62. The fourth-order valence-corrected chi connectivity index (χ4v) is 2.73. The molecule has 0 aliphatic rings. The number of esters is 1. The maximum atomic E-state index is 13.6. The number of ether oxygens (including phenoxy) is 1. The number of nitrogens with one attached hydrogen (secondary N) is 1. The highest BCUT2D eigenvalue weighted by atomic mass is 19.1. The Hall–Kier alpha value is -3.21. The summed E-state index contributed by atoms with van der Waals surface area (Å²) >= 11 is 0. The van der Waals surface area contributed by atoms with E-state index in [2.05, 4.69) is 4.98 Å². The van der Waals surface area contributed by atoms with Crippen LogP contribution in [0.5, 0.6) is 5.75 Å². The van der Waals surface area contributed by atoms with Gasteiger partial charge in [-0.1, -0.05) is 42.5 Å². The molecule has 4 nitrogen and oxygen atoms in total. The van der Waals surface area contributed by atoms with Crippen LogP contribution in [0.4, 0.5) is 4.39 Å². The molecule has 0 bridgehead atoms. The molecule has 25 heavy (non-hydrogen) atoms. The molecule has 0 aliphatic carbocycles. The van der Waals surface area contributed by atoms with E-state index in [0.29, 0.717) is 17.0 Å². The van der Waals surface area contributed by atoms with Crippen molar-refractivity contribution in [2.24, 2.45) is 0 Å². The third-order valence-corrected chi connectivity index (χ3v) is 3.73. The van der Waals surface area contributed by atoms with Crippen LogP contribution < -0.4 is 4.74 Å². The van der Waals surface area contributed by atoms with Crippen molar-refractivity contribution in [2.75, 3.05) is 0 Å². The topological polar surface area (TPSA) is 59.2 Å². The molecule has 0 unspecified atom stereocenters. The lowest BCUT2D eigenvalue weighted by Gasteiger charge is -2.06. The predicted molar refractivity (Wildman–Crippen MR) is 92.9 cm³/mol. The lowest BCUT2D eigenvalue weighted by atomic mass is 10.0. The summed E-state index contributed by atoms with van der Waals surface area (Å²) in [5.41, 5.74) is 2.40. The van der Waals surface area contributed by atoms with Crippen molar-refractivity contribution < 1.29 is 18.7 Å². The van der Waals surface area contributed by atoms with Gasteiger partial charge in [0.15, 0.2) is 11.5 Å². The standard InChI is InChI=1S/C20H16FNO3/c1-12(23)17-18(15-9-6-10-16(21)11-15)22-19(20(17)25-13(2)24)14-7-4-3-5-8-14/h3-11,22H,1-2H3. The van der Waals surface area contributed by atoms with Gasteiger partial charge in [0.25, 0.3) is 0 Å². The molecule has 3 aromatic rings. The minimum absolute atomic E-state index is 0.158. The summed E-state index contributed by atoms with van der Waals surface area (Å²) in [6.07, 6.45) is 0. The number of Topliss-reactive ketones (excluding diaryl/α,β-unsaturated/α-hetero) is 1. The van der Waals surface area contributed by atoms with Crippen LogP contribution in [0.25, 0.3) is 22.5 Å². The van der Waals surface area contributed by atoms with E-state index in [0.717, 1.165) is 5.56 Å². The van der Waals surface area contributed by atoms with Crippen molar-refractivity contribution >= 4 is 11.8 Å². The number of halogens is 1. The Morgan fingerprint density at radius 3 is 2.20 bits per heavy atom. The zero-order chi connectivity index (χ0) is 18.0. The summed E-state index contributed by atoms with van der Waals surface area (Å²) in [5, 5.41) is 0. The SMILES string of the molecule is CC(=O)Oc1c(-c2ccccc2)[nH]c(-c2cccc(F)c2)c1C(C)=O. The molecule has 0 fully saturated rings. The maximum absolute atomic E-state index is 13.6. The third-order valence-electron chi connectivity index (χ3n) is 3.73. The molecule has 1 N–H and O–H groups in total. The van der Waals surface area contributed by atoms with Crippen LogP contribution in [0, 0.1) is 5.82 Å². The largest absolute Gasteiger partial charge is 0.424 e. The van der Waals surface area contributed by atoms with Crippen LogP contribution >= 0.6 is 0 Å². The number of hydrogen-bond donors (Lipinski definition) is 1. The Morgan fingerprint density at radius 1 is 0.920 bits per heavy atom. The Kier molecular flexibility index (Phi) is 4.48. The molecule has 0 radical (unpaired) electrons. The molecular formula is C20H16FNO3. The van der Waals surface area contributed by atoms with Crippen LogP contribution in [0.15, 0.2) is 54.6 Å². The number of carbonyl (C=O) groups excluding carboxylic acids is 2. The van der Waals surface area contributed by atoms with Gasteiger partial charge in [-0.05, 0) is 19.1 Å². The number of carbonyl (C=O) groups is 2. The highest BCUT2D eigenvalue weighted by molar-refractivity contribution is 6.06. The second-order valence-electron chi connectivity index (χ2n) is 5.61. The van der Waals surface area contributed by atoms with E-state index >= 15 is 0 Å². The van der Waals surface area contributed by atoms with Gasteiger partial charge in [-0.15, -0.1) is 0 Å². The average molecular weight is 337 g/mol. The highest BCUT2D eigenvalue weighted by Gasteiger charge is 2.25. The summed E-state index contributed by atoms with van der Waals surface area (Å²) in [6, 6.07) is 15.1. The lowest BCUT2D eigenvalue weighted by Crippen LogP contribution is -2.05. The van der Waals surface area contributed by atoms with Gasteiger partial charge in [0, 0.05) is 18.1 Å². The number of H-pyrrole nitrogens is 1. The first-order valence-corrected chi connectivity index (χ1v) is 7.74. The van der Waals surface area contributed by atoms with Crippen LogP contribution in [0.3, 0.4) is 0 Å². The van der Waals surface area contributed by atoms with Crippen molar-refractivity contribution in [3.05, 3.63) is 66.0 Å². The number of aromatic amines is 1. The molecule has 2 aromatic carbocycles. The van der Waals surface area contributed by atoms with E-state index in [9.17, 15) is 14.0 Å². The van der Waals surface area contributed by atoms with Gasteiger partial charge in [0.1, 0.15) is 5.82 Å².